The molecule has 0 bridgehead atoms. The van der Waals surface area contributed by atoms with Gasteiger partial charge in [0.2, 0.25) is 11.5 Å². The van der Waals surface area contributed by atoms with E-state index in [1.165, 1.54) is 21.3 Å². The van der Waals surface area contributed by atoms with E-state index in [-0.39, 0.29) is 24.4 Å². The van der Waals surface area contributed by atoms with Gasteiger partial charge < -0.3 is 29.6 Å². The second kappa shape index (κ2) is 11.1. The van der Waals surface area contributed by atoms with E-state index in [1.807, 2.05) is 29.2 Å². The Balaban J connectivity index is 0.00000341. The van der Waals surface area contributed by atoms with E-state index in [0.29, 0.717) is 40.9 Å². The first-order valence-electron chi connectivity index (χ1n) is 10.1. The summed E-state index contributed by atoms with van der Waals surface area (Å²) < 4.78 is 22.8. The van der Waals surface area contributed by atoms with Crippen molar-refractivity contribution in [3.05, 3.63) is 41.5 Å². The molecule has 7 nitrogen and oxygen atoms in total. The third kappa shape index (κ3) is 5.17. The molecule has 1 unspecified atom stereocenters. The van der Waals surface area contributed by atoms with E-state index < -0.39 is 0 Å². The van der Waals surface area contributed by atoms with Crippen LogP contribution in [0.15, 0.2) is 30.3 Å². The molecule has 0 aromatic heterocycles. The van der Waals surface area contributed by atoms with E-state index in [1.54, 1.807) is 6.07 Å². The minimum Gasteiger partial charge on any atom is -0.492 e. The maximum atomic E-state index is 13.3. The Labute approximate surface area is 189 Å². The standard InChI is InChI=1S/C23H30N2O5.ClH/c1-15-6-5-13-25(15)23(26)18-14-19(21(28-3)22(29-4)20(18)27-2)30-17-9-7-16(8-10-17)11-12-24;/h7-10,14-15H,5-6,11-13,24H2,1-4H3;1H. The van der Waals surface area contributed by atoms with Gasteiger partial charge in [-0.15, -0.1) is 12.4 Å². The normalized spacial score (nSPS) is 15.3. The van der Waals surface area contributed by atoms with Gasteiger partial charge in [0.25, 0.3) is 5.91 Å². The van der Waals surface area contributed by atoms with Crippen LogP contribution in [0, 0.1) is 0 Å². The summed E-state index contributed by atoms with van der Waals surface area (Å²) in [6.45, 7) is 3.36. The summed E-state index contributed by atoms with van der Waals surface area (Å²) in [5.74, 6) is 1.93. The topological polar surface area (TPSA) is 83.3 Å². The smallest absolute Gasteiger partial charge is 0.258 e. The molecule has 2 aromatic rings. The average Bonchev–Trinajstić information content (AvgIpc) is 3.19. The van der Waals surface area contributed by atoms with Gasteiger partial charge in [0.05, 0.1) is 26.9 Å². The fourth-order valence-corrected chi connectivity index (χ4v) is 3.82. The van der Waals surface area contributed by atoms with E-state index in [4.69, 9.17) is 24.7 Å². The van der Waals surface area contributed by atoms with Crippen molar-refractivity contribution in [2.45, 2.75) is 32.2 Å². The summed E-state index contributed by atoms with van der Waals surface area (Å²) in [4.78, 5) is 15.2. The number of likely N-dealkylation sites (tertiary alicyclic amines) is 1. The van der Waals surface area contributed by atoms with Crippen LogP contribution in [-0.4, -0.2) is 51.3 Å². The number of amides is 1. The number of hydrogen-bond acceptors (Lipinski definition) is 6. The molecule has 0 radical (unpaired) electrons. The number of benzene rings is 2. The van der Waals surface area contributed by atoms with E-state index in [2.05, 4.69) is 6.92 Å². The zero-order chi connectivity index (χ0) is 21.7. The molecule has 170 valence electrons. The van der Waals surface area contributed by atoms with Crippen LogP contribution in [0.2, 0.25) is 0 Å². The fraction of sp³-hybridized carbons (Fsp3) is 0.435. The van der Waals surface area contributed by atoms with E-state index in [9.17, 15) is 4.79 Å². The summed E-state index contributed by atoms with van der Waals surface area (Å²) >= 11 is 0. The van der Waals surface area contributed by atoms with Crippen molar-refractivity contribution in [3.8, 4) is 28.7 Å². The molecule has 1 fully saturated rings. The lowest BCUT2D eigenvalue weighted by molar-refractivity contribution is 0.0743. The van der Waals surface area contributed by atoms with Gasteiger partial charge in [-0.3, -0.25) is 4.79 Å². The molecule has 3 rings (SSSR count). The van der Waals surface area contributed by atoms with Crippen LogP contribution in [0.3, 0.4) is 0 Å². The predicted molar refractivity (Wildman–Crippen MR) is 122 cm³/mol. The molecular formula is C23H31ClN2O5. The zero-order valence-electron chi connectivity index (χ0n) is 18.5. The fourth-order valence-electron chi connectivity index (χ4n) is 3.82. The monoisotopic (exact) mass is 450 g/mol. The summed E-state index contributed by atoms with van der Waals surface area (Å²) in [5, 5.41) is 0. The van der Waals surface area contributed by atoms with E-state index >= 15 is 0 Å². The van der Waals surface area contributed by atoms with Crippen LogP contribution < -0.4 is 24.7 Å². The maximum Gasteiger partial charge on any atom is 0.258 e. The Hall–Kier alpha value is -2.64. The maximum absolute atomic E-state index is 13.3. The first kappa shape index (κ1) is 24.6. The second-order valence-electron chi connectivity index (χ2n) is 7.30. The molecule has 2 N–H and O–H groups in total. The number of carbonyl (C=O) groups is 1. The molecule has 1 saturated heterocycles. The highest BCUT2D eigenvalue weighted by atomic mass is 35.5. The molecule has 1 heterocycles. The van der Waals surface area contributed by atoms with Gasteiger partial charge in [0.1, 0.15) is 5.75 Å². The minimum absolute atomic E-state index is 0. The summed E-state index contributed by atoms with van der Waals surface area (Å²) in [7, 11) is 4.55. The summed E-state index contributed by atoms with van der Waals surface area (Å²) in [6.07, 6.45) is 2.77. The number of carbonyl (C=O) groups excluding carboxylic acids is 1. The van der Waals surface area contributed by atoms with Gasteiger partial charge in [0.15, 0.2) is 11.5 Å². The number of nitrogens with zero attached hydrogens (tertiary/aromatic N) is 1. The molecule has 2 aromatic carbocycles. The van der Waals surface area contributed by atoms with Crippen molar-refractivity contribution in [3.63, 3.8) is 0 Å². The molecule has 0 saturated carbocycles. The van der Waals surface area contributed by atoms with Crippen molar-refractivity contribution >= 4 is 18.3 Å². The first-order chi connectivity index (χ1) is 14.5. The lowest BCUT2D eigenvalue weighted by Gasteiger charge is -2.24. The second-order valence-corrected chi connectivity index (χ2v) is 7.30. The lowest BCUT2D eigenvalue weighted by atomic mass is 10.1. The SMILES string of the molecule is COc1c(Oc2ccc(CCN)cc2)cc(C(=O)N2CCCC2C)c(OC)c1OC.Cl. The Bertz CT molecular complexity index is 889. The van der Waals surface area contributed by atoms with Crippen LogP contribution in [0.5, 0.6) is 28.7 Å². The van der Waals surface area contributed by atoms with E-state index in [0.717, 1.165) is 31.4 Å². The zero-order valence-corrected chi connectivity index (χ0v) is 19.3. The molecule has 0 aliphatic carbocycles. The van der Waals surface area contributed by atoms with Crippen LogP contribution in [0.25, 0.3) is 0 Å². The molecular weight excluding hydrogens is 420 g/mol. The Kier molecular flexibility index (Phi) is 8.83. The molecule has 1 aliphatic heterocycles. The van der Waals surface area contributed by atoms with Gasteiger partial charge in [-0.2, -0.15) is 0 Å². The average molecular weight is 451 g/mol. The predicted octanol–water partition coefficient (Wildman–Crippen LogP) is 4.05. The van der Waals surface area contributed by atoms with Gasteiger partial charge in [-0.25, -0.2) is 0 Å². The third-order valence-corrected chi connectivity index (χ3v) is 5.40. The van der Waals surface area contributed by atoms with Gasteiger partial charge in [-0.05, 0) is 50.4 Å². The first-order valence-corrected chi connectivity index (χ1v) is 10.1. The molecule has 0 spiro atoms. The van der Waals surface area contributed by atoms with Gasteiger partial charge >= 0.3 is 0 Å². The number of halogens is 1. The molecule has 31 heavy (non-hydrogen) atoms. The van der Waals surface area contributed by atoms with Crippen molar-refractivity contribution in [1.29, 1.82) is 0 Å². The Morgan fingerprint density at radius 3 is 2.23 bits per heavy atom. The van der Waals surface area contributed by atoms with Crippen molar-refractivity contribution in [1.82, 2.24) is 4.90 Å². The van der Waals surface area contributed by atoms with Crippen molar-refractivity contribution < 1.29 is 23.7 Å². The largest absolute Gasteiger partial charge is 0.492 e. The van der Waals surface area contributed by atoms with Gasteiger partial charge in [0, 0.05) is 18.7 Å². The molecule has 8 heteroatoms. The van der Waals surface area contributed by atoms with Crippen molar-refractivity contribution in [2.75, 3.05) is 34.4 Å². The van der Waals surface area contributed by atoms with Crippen LogP contribution in [0.4, 0.5) is 0 Å². The minimum atomic E-state index is -0.110. The number of ether oxygens (including phenoxy) is 4. The summed E-state index contributed by atoms with van der Waals surface area (Å²) in [6, 6.07) is 9.51. The quantitative estimate of drug-likeness (QED) is 0.653. The number of methoxy groups -OCH3 is 3. The van der Waals surface area contributed by atoms with Crippen LogP contribution in [-0.2, 0) is 6.42 Å². The summed E-state index contributed by atoms with van der Waals surface area (Å²) in [5.41, 5.74) is 7.13. The highest BCUT2D eigenvalue weighted by Crippen LogP contribution is 2.48. The third-order valence-electron chi connectivity index (χ3n) is 5.40. The Morgan fingerprint density at radius 1 is 1.06 bits per heavy atom. The Morgan fingerprint density at radius 2 is 1.71 bits per heavy atom. The molecule has 1 amide bonds. The van der Waals surface area contributed by atoms with Crippen molar-refractivity contribution in [2.24, 2.45) is 5.73 Å². The highest BCUT2D eigenvalue weighted by molar-refractivity contribution is 5.99. The highest BCUT2D eigenvalue weighted by Gasteiger charge is 2.32. The number of hydrogen-bond donors (Lipinski definition) is 1. The number of nitrogens with two attached hydrogens (primary N) is 1. The van der Waals surface area contributed by atoms with Crippen LogP contribution in [0.1, 0.15) is 35.7 Å². The molecule has 1 aliphatic rings. The lowest BCUT2D eigenvalue weighted by Crippen LogP contribution is -2.33. The van der Waals surface area contributed by atoms with Crippen LogP contribution >= 0.6 is 12.4 Å². The van der Waals surface area contributed by atoms with Gasteiger partial charge in [-0.1, -0.05) is 12.1 Å². The molecule has 1 atom stereocenters. The number of rotatable bonds is 8.